The predicted octanol–water partition coefficient (Wildman–Crippen LogP) is -0.140. The molecular formula is C15H27N5O3. The summed E-state index contributed by atoms with van der Waals surface area (Å²) < 4.78 is 6.89. The van der Waals surface area contributed by atoms with Gasteiger partial charge in [0.05, 0.1) is 18.7 Å². The normalized spacial score (nSPS) is 19.9. The highest BCUT2D eigenvalue weighted by atomic mass is 16.5. The fourth-order valence-corrected chi connectivity index (χ4v) is 3.01. The van der Waals surface area contributed by atoms with Gasteiger partial charge in [0.2, 0.25) is 5.91 Å². The maximum atomic E-state index is 11.2. The number of hydrogen-bond donors (Lipinski definition) is 2. The zero-order valence-corrected chi connectivity index (χ0v) is 14.2. The van der Waals surface area contributed by atoms with Gasteiger partial charge in [-0.25, -0.2) is 9.67 Å². The second-order valence-electron chi connectivity index (χ2n) is 6.83. The SMILES string of the molecule is COCc1nc([C@H]2CCCN(CC(N)=O)C2)n(CC(C)(C)O)n1. The van der Waals surface area contributed by atoms with Crippen LogP contribution >= 0.6 is 0 Å². The van der Waals surface area contributed by atoms with Gasteiger partial charge in [0.1, 0.15) is 12.4 Å². The average Bonchev–Trinajstić information content (AvgIpc) is 2.79. The molecular weight excluding hydrogens is 298 g/mol. The summed E-state index contributed by atoms with van der Waals surface area (Å²) in [5, 5.41) is 14.6. The number of nitrogens with two attached hydrogens (primary N) is 1. The van der Waals surface area contributed by atoms with Crippen LogP contribution in [0.25, 0.3) is 0 Å². The molecule has 3 N–H and O–H groups in total. The number of hydrogen-bond acceptors (Lipinski definition) is 6. The molecule has 0 aromatic carbocycles. The number of carbonyl (C=O) groups excluding carboxylic acids is 1. The molecule has 1 aliphatic rings. The van der Waals surface area contributed by atoms with Crippen molar-refractivity contribution in [2.75, 3.05) is 26.7 Å². The Labute approximate surface area is 136 Å². The van der Waals surface area contributed by atoms with Crippen LogP contribution in [0.4, 0.5) is 0 Å². The molecule has 1 amide bonds. The fraction of sp³-hybridized carbons (Fsp3) is 0.800. The lowest BCUT2D eigenvalue weighted by Crippen LogP contribution is -2.41. The van der Waals surface area contributed by atoms with Crippen molar-refractivity contribution in [3.63, 3.8) is 0 Å². The number of likely N-dealkylation sites (tertiary alicyclic amines) is 1. The molecule has 0 saturated carbocycles. The third-order valence-corrected chi connectivity index (χ3v) is 3.80. The minimum Gasteiger partial charge on any atom is -0.389 e. The van der Waals surface area contributed by atoms with Crippen LogP contribution in [-0.2, 0) is 22.7 Å². The quantitative estimate of drug-likeness (QED) is 0.723. The van der Waals surface area contributed by atoms with E-state index in [4.69, 9.17) is 10.5 Å². The lowest BCUT2D eigenvalue weighted by atomic mass is 9.97. The van der Waals surface area contributed by atoms with Crippen LogP contribution in [0, 0.1) is 0 Å². The molecule has 0 spiro atoms. The van der Waals surface area contributed by atoms with Crippen LogP contribution in [0.2, 0.25) is 0 Å². The summed E-state index contributed by atoms with van der Waals surface area (Å²) in [6.07, 6.45) is 1.96. The van der Waals surface area contributed by atoms with Crippen molar-refractivity contribution >= 4 is 5.91 Å². The van der Waals surface area contributed by atoms with E-state index in [1.165, 1.54) is 0 Å². The minimum atomic E-state index is -0.881. The third-order valence-electron chi connectivity index (χ3n) is 3.80. The molecule has 23 heavy (non-hydrogen) atoms. The molecule has 1 atom stereocenters. The summed E-state index contributed by atoms with van der Waals surface area (Å²) in [4.78, 5) is 17.8. The van der Waals surface area contributed by atoms with Crippen molar-refractivity contribution in [2.24, 2.45) is 5.73 Å². The molecule has 8 heteroatoms. The molecule has 8 nitrogen and oxygen atoms in total. The number of methoxy groups -OCH3 is 1. The van der Waals surface area contributed by atoms with Crippen molar-refractivity contribution in [1.29, 1.82) is 0 Å². The van der Waals surface area contributed by atoms with Gasteiger partial charge in [0, 0.05) is 19.6 Å². The summed E-state index contributed by atoms with van der Waals surface area (Å²) >= 11 is 0. The van der Waals surface area contributed by atoms with Gasteiger partial charge >= 0.3 is 0 Å². The molecule has 0 bridgehead atoms. The number of ether oxygens (including phenoxy) is 1. The number of amides is 1. The van der Waals surface area contributed by atoms with Crippen LogP contribution in [0.15, 0.2) is 0 Å². The zero-order valence-electron chi connectivity index (χ0n) is 14.2. The fourth-order valence-electron chi connectivity index (χ4n) is 3.01. The van der Waals surface area contributed by atoms with E-state index in [2.05, 4.69) is 15.0 Å². The van der Waals surface area contributed by atoms with E-state index in [0.717, 1.165) is 31.8 Å². The third kappa shape index (κ3) is 5.26. The van der Waals surface area contributed by atoms with E-state index < -0.39 is 5.60 Å². The topological polar surface area (TPSA) is 106 Å². The largest absolute Gasteiger partial charge is 0.389 e. The summed E-state index contributed by atoms with van der Waals surface area (Å²) in [5.74, 6) is 1.30. The van der Waals surface area contributed by atoms with Crippen molar-refractivity contribution in [2.45, 2.75) is 51.4 Å². The molecule has 0 aliphatic carbocycles. The van der Waals surface area contributed by atoms with E-state index in [9.17, 15) is 9.90 Å². The summed E-state index contributed by atoms with van der Waals surface area (Å²) in [5.41, 5.74) is 4.42. The second-order valence-corrected chi connectivity index (χ2v) is 6.83. The Balaban J connectivity index is 2.20. The first-order valence-corrected chi connectivity index (χ1v) is 7.94. The van der Waals surface area contributed by atoms with Crippen LogP contribution < -0.4 is 5.73 Å². The first-order valence-electron chi connectivity index (χ1n) is 7.94. The van der Waals surface area contributed by atoms with Gasteiger partial charge in [0.25, 0.3) is 0 Å². The van der Waals surface area contributed by atoms with Crippen molar-refractivity contribution in [1.82, 2.24) is 19.7 Å². The lowest BCUT2D eigenvalue weighted by molar-refractivity contribution is -0.119. The van der Waals surface area contributed by atoms with Gasteiger partial charge < -0.3 is 15.6 Å². The Morgan fingerprint density at radius 2 is 2.26 bits per heavy atom. The van der Waals surface area contributed by atoms with Crippen LogP contribution in [-0.4, -0.2) is 63.0 Å². The zero-order chi connectivity index (χ0) is 17.0. The van der Waals surface area contributed by atoms with Crippen molar-refractivity contribution < 1.29 is 14.6 Å². The Morgan fingerprint density at radius 3 is 2.87 bits per heavy atom. The molecule has 0 radical (unpaired) electrons. The van der Waals surface area contributed by atoms with Gasteiger partial charge in [0.15, 0.2) is 5.82 Å². The Hall–Kier alpha value is -1.51. The Morgan fingerprint density at radius 1 is 1.52 bits per heavy atom. The van der Waals surface area contributed by atoms with Crippen LogP contribution in [0.1, 0.15) is 44.3 Å². The van der Waals surface area contributed by atoms with Gasteiger partial charge in [-0.1, -0.05) is 0 Å². The lowest BCUT2D eigenvalue weighted by Gasteiger charge is -2.31. The monoisotopic (exact) mass is 325 g/mol. The van der Waals surface area contributed by atoms with Gasteiger partial charge in [-0.05, 0) is 33.2 Å². The molecule has 130 valence electrons. The van der Waals surface area contributed by atoms with Crippen molar-refractivity contribution in [3.05, 3.63) is 11.6 Å². The van der Waals surface area contributed by atoms with E-state index >= 15 is 0 Å². The number of rotatable bonds is 7. The number of aliphatic hydroxyl groups is 1. The highest BCUT2D eigenvalue weighted by Gasteiger charge is 2.28. The highest BCUT2D eigenvalue weighted by molar-refractivity contribution is 5.75. The molecule has 1 aliphatic heterocycles. The standard InChI is InChI=1S/C15H27N5O3/c1-15(2,22)10-20-14(17-13(18-20)9-23-3)11-5-4-6-19(7-11)8-12(16)21/h11,22H,4-10H2,1-3H3,(H2,16,21)/t11-/m0/s1. The molecule has 1 aromatic rings. The maximum absolute atomic E-state index is 11.2. The Bertz CT molecular complexity index is 538. The highest BCUT2D eigenvalue weighted by Crippen LogP contribution is 2.26. The van der Waals surface area contributed by atoms with E-state index in [1.807, 2.05) is 0 Å². The van der Waals surface area contributed by atoms with Gasteiger partial charge in [-0.15, -0.1) is 0 Å². The minimum absolute atomic E-state index is 0.170. The summed E-state index contributed by atoms with van der Waals surface area (Å²) in [7, 11) is 1.60. The number of aromatic nitrogens is 3. The number of nitrogens with zero attached hydrogens (tertiary/aromatic N) is 4. The maximum Gasteiger partial charge on any atom is 0.231 e. The predicted molar refractivity (Wildman–Crippen MR) is 84.6 cm³/mol. The first-order chi connectivity index (χ1) is 10.8. The van der Waals surface area contributed by atoms with E-state index in [0.29, 0.717) is 19.0 Å². The summed E-state index contributed by atoms with van der Waals surface area (Å²) in [6, 6.07) is 0. The second kappa shape index (κ2) is 7.37. The average molecular weight is 325 g/mol. The Kier molecular flexibility index (Phi) is 5.72. The van der Waals surface area contributed by atoms with Crippen LogP contribution in [0.5, 0.6) is 0 Å². The molecule has 2 heterocycles. The molecule has 1 aromatic heterocycles. The first kappa shape index (κ1) is 17.8. The summed E-state index contributed by atoms with van der Waals surface area (Å²) in [6.45, 7) is 6.04. The number of carbonyl (C=O) groups is 1. The van der Waals surface area contributed by atoms with E-state index in [-0.39, 0.29) is 18.4 Å². The number of piperidine rings is 1. The molecule has 2 rings (SSSR count). The molecule has 1 fully saturated rings. The van der Waals surface area contributed by atoms with E-state index in [1.54, 1.807) is 25.6 Å². The molecule has 0 unspecified atom stereocenters. The molecule has 1 saturated heterocycles. The smallest absolute Gasteiger partial charge is 0.231 e. The number of primary amides is 1. The van der Waals surface area contributed by atoms with Gasteiger partial charge in [-0.3, -0.25) is 9.69 Å². The van der Waals surface area contributed by atoms with Crippen LogP contribution in [0.3, 0.4) is 0 Å². The van der Waals surface area contributed by atoms with Crippen molar-refractivity contribution in [3.8, 4) is 0 Å². The van der Waals surface area contributed by atoms with Gasteiger partial charge in [-0.2, -0.15) is 5.10 Å².